The molecule has 2 heterocycles. The minimum absolute atomic E-state index is 0.00245. The molecule has 176 valence electrons. The molecule has 0 saturated carbocycles. The molecule has 0 aliphatic rings. The molecule has 0 unspecified atom stereocenters. The van der Waals surface area contributed by atoms with Crippen LogP contribution in [0.4, 0.5) is 5.82 Å². The predicted octanol–water partition coefficient (Wildman–Crippen LogP) is 5.16. The number of aromatic nitrogens is 2. The van der Waals surface area contributed by atoms with Crippen molar-refractivity contribution in [2.45, 2.75) is 11.8 Å². The standard InChI is InChI=1S/C23H19BrClN3O5S/c1-2-32-21(29)13-26-23-22(27-20-12-5-16(24)14-28(20)23)15-3-8-18(9-4-15)33-34(30,31)19-10-6-17(25)7-11-19/h3-12,14,26H,2,13H2,1H3. The number of hydrogen-bond acceptors (Lipinski definition) is 7. The Morgan fingerprint density at radius 1 is 1.09 bits per heavy atom. The summed E-state index contributed by atoms with van der Waals surface area (Å²) in [6, 6.07) is 15.9. The minimum Gasteiger partial charge on any atom is -0.465 e. The largest absolute Gasteiger partial charge is 0.465 e. The lowest BCUT2D eigenvalue weighted by Gasteiger charge is -2.10. The van der Waals surface area contributed by atoms with Gasteiger partial charge >= 0.3 is 16.1 Å². The van der Waals surface area contributed by atoms with E-state index >= 15 is 0 Å². The third-order valence-corrected chi connectivity index (χ3v) is 6.71. The molecule has 8 nitrogen and oxygen atoms in total. The van der Waals surface area contributed by atoms with Crippen LogP contribution >= 0.6 is 27.5 Å². The first-order valence-corrected chi connectivity index (χ1v) is 12.7. The van der Waals surface area contributed by atoms with E-state index in [0.29, 0.717) is 27.7 Å². The topological polar surface area (TPSA) is 99.0 Å². The van der Waals surface area contributed by atoms with Gasteiger partial charge in [0.1, 0.15) is 34.3 Å². The summed E-state index contributed by atoms with van der Waals surface area (Å²) in [7, 11) is -4.01. The molecule has 0 aliphatic carbocycles. The van der Waals surface area contributed by atoms with Crippen LogP contribution in [0, 0.1) is 0 Å². The van der Waals surface area contributed by atoms with Gasteiger partial charge in [-0.05, 0) is 83.5 Å². The number of fused-ring (bicyclic) bond motifs is 1. The number of nitrogens with one attached hydrogen (secondary N) is 1. The molecule has 11 heteroatoms. The van der Waals surface area contributed by atoms with Crippen LogP contribution in [-0.4, -0.2) is 36.9 Å². The molecule has 4 rings (SSSR count). The van der Waals surface area contributed by atoms with Gasteiger partial charge < -0.3 is 14.2 Å². The summed E-state index contributed by atoms with van der Waals surface area (Å²) < 4.78 is 38.0. The van der Waals surface area contributed by atoms with Crippen LogP contribution in [0.5, 0.6) is 5.75 Å². The Hall–Kier alpha value is -3.08. The summed E-state index contributed by atoms with van der Waals surface area (Å²) in [6.45, 7) is 1.99. The Bertz CT molecular complexity index is 1440. The molecule has 0 bridgehead atoms. The fourth-order valence-corrected chi connectivity index (χ4v) is 4.59. The lowest BCUT2D eigenvalue weighted by Crippen LogP contribution is -2.17. The summed E-state index contributed by atoms with van der Waals surface area (Å²) in [5.74, 6) is 0.340. The molecule has 0 saturated heterocycles. The van der Waals surface area contributed by atoms with Gasteiger partial charge in [0, 0.05) is 21.3 Å². The molecule has 4 aromatic rings. The van der Waals surface area contributed by atoms with E-state index in [4.69, 9.17) is 20.5 Å². The molecule has 0 amide bonds. The Labute approximate surface area is 209 Å². The molecule has 0 fully saturated rings. The van der Waals surface area contributed by atoms with Crippen molar-refractivity contribution in [1.82, 2.24) is 9.38 Å². The molecule has 0 spiro atoms. The average molecular weight is 565 g/mol. The van der Waals surface area contributed by atoms with Crippen molar-refractivity contribution in [3.05, 3.63) is 76.4 Å². The van der Waals surface area contributed by atoms with Crippen LogP contribution in [-0.2, 0) is 19.6 Å². The van der Waals surface area contributed by atoms with E-state index in [2.05, 4.69) is 26.2 Å². The van der Waals surface area contributed by atoms with Crippen molar-refractivity contribution in [2.24, 2.45) is 0 Å². The molecule has 2 aromatic heterocycles. The van der Waals surface area contributed by atoms with E-state index in [1.54, 1.807) is 19.1 Å². The van der Waals surface area contributed by atoms with Crippen LogP contribution in [0.3, 0.4) is 0 Å². The molecule has 1 N–H and O–H groups in total. The summed E-state index contributed by atoms with van der Waals surface area (Å²) in [5.41, 5.74) is 1.94. The number of pyridine rings is 1. The molecule has 0 aliphatic heterocycles. The van der Waals surface area contributed by atoms with Crippen LogP contribution in [0.25, 0.3) is 16.9 Å². The van der Waals surface area contributed by atoms with Gasteiger partial charge in [-0.25, -0.2) is 4.98 Å². The highest BCUT2D eigenvalue weighted by atomic mass is 79.9. The first-order valence-electron chi connectivity index (χ1n) is 10.1. The normalized spacial score (nSPS) is 11.4. The molecular weight excluding hydrogens is 546 g/mol. The Kier molecular flexibility index (Phi) is 7.11. The van der Waals surface area contributed by atoms with E-state index in [0.717, 1.165) is 4.47 Å². The first-order chi connectivity index (χ1) is 16.3. The summed E-state index contributed by atoms with van der Waals surface area (Å²) >= 11 is 9.28. The van der Waals surface area contributed by atoms with Crippen molar-refractivity contribution in [3.63, 3.8) is 0 Å². The van der Waals surface area contributed by atoms with Gasteiger partial charge in [-0.3, -0.25) is 9.20 Å². The van der Waals surface area contributed by atoms with Crippen molar-refractivity contribution in [3.8, 4) is 17.0 Å². The van der Waals surface area contributed by atoms with Crippen LogP contribution in [0.1, 0.15) is 6.92 Å². The Balaban J connectivity index is 1.63. The van der Waals surface area contributed by atoms with Gasteiger partial charge in [-0.2, -0.15) is 8.42 Å². The first kappa shape index (κ1) is 24.1. The summed E-state index contributed by atoms with van der Waals surface area (Å²) in [6.07, 6.45) is 1.83. The van der Waals surface area contributed by atoms with Gasteiger partial charge in [0.25, 0.3) is 0 Å². The Morgan fingerprint density at radius 3 is 2.47 bits per heavy atom. The third kappa shape index (κ3) is 5.35. The van der Waals surface area contributed by atoms with E-state index in [-0.39, 0.29) is 23.8 Å². The quantitative estimate of drug-likeness (QED) is 0.233. The van der Waals surface area contributed by atoms with Crippen LogP contribution in [0.2, 0.25) is 5.02 Å². The summed E-state index contributed by atoms with van der Waals surface area (Å²) in [5, 5.41) is 3.52. The number of anilines is 1. The zero-order valence-electron chi connectivity index (χ0n) is 17.9. The highest BCUT2D eigenvalue weighted by Crippen LogP contribution is 2.31. The lowest BCUT2D eigenvalue weighted by atomic mass is 10.1. The van der Waals surface area contributed by atoms with E-state index in [1.807, 2.05) is 22.7 Å². The van der Waals surface area contributed by atoms with Crippen LogP contribution in [0.15, 0.2) is 76.2 Å². The molecule has 34 heavy (non-hydrogen) atoms. The van der Waals surface area contributed by atoms with Gasteiger partial charge in [-0.15, -0.1) is 0 Å². The maximum atomic E-state index is 12.5. The maximum absolute atomic E-state index is 12.5. The number of carbonyl (C=O) groups is 1. The fourth-order valence-electron chi connectivity index (χ4n) is 3.20. The smallest absolute Gasteiger partial charge is 0.339 e. The van der Waals surface area contributed by atoms with E-state index in [1.165, 1.54) is 36.4 Å². The molecule has 0 radical (unpaired) electrons. The van der Waals surface area contributed by atoms with E-state index < -0.39 is 16.1 Å². The number of ether oxygens (including phenoxy) is 1. The van der Waals surface area contributed by atoms with Crippen molar-refractivity contribution in [2.75, 3.05) is 18.5 Å². The van der Waals surface area contributed by atoms with Crippen molar-refractivity contribution >= 4 is 55.1 Å². The predicted molar refractivity (Wildman–Crippen MR) is 133 cm³/mol. The maximum Gasteiger partial charge on any atom is 0.339 e. The van der Waals surface area contributed by atoms with Gasteiger partial charge in [0.2, 0.25) is 0 Å². The second kappa shape index (κ2) is 10.0. The van der Waals surface area contributed by atoms with E-state index in [9.17, 15) is 13.2 Å². The average Bonchev–Trinajstić information content (AvgIpc) is 3.16. The number of carbonyl (C=O) groups excluding carboxylic acids is 1. The molecular formula is C23H19BrClN3O5S. The number of imidazole rings is 1. The fraction of sp³-hybridized carbons (Fsp3) is 0.130. The summed E-state index contributed by atoms with van der Waals surface area (Å²) in [4.78, 5) is 16.6. The van der Waals surface area contributed by atoms with Crippen molar-refractivity contribution in [1.29, 1.82) is 0 Å². The second-order valence-electron chi connectivity index (χ2n) is 7.06. The molecule has 2 aromatic carbocycles. The van der Waals surface area contributed by atoms with Gasteiger partial charge in [0.15, 0.2) is 0 Å². The second-order valence-corrected chi connectivity index (χ2v) is 9.96. The van der Waals surface area contributed by atoms with Gasteiger partial charge in [0.05, 0.1) is 6.61 Å². The highest BCUT2D eigenvalue weighted by molar-refractivity contribution is 9.10. The Morgan fingerprint density at radius 2 is 1.79 bits per heavy atom. The van der Waals surface area contributed by atoms with Gasteiger partial charge in [-0.1, -0.05) is 11.6 Å². The molecule has 0 atom stereocenters. The highest BCUT2D eigenvalue weighted by Gasteiger charge is 2.19. The number of benzene rings is 2. The minimum atomic E-state index is -4.01. The number of hydrogen-bond donors (Lipinski definition) is 1. The lowest BCUT2D eigenvalue weighted by molar-refractivity contribution is -0.140. The SMILES string of the molecule is CCOC(=O)CNc1c(-c2ccc(OS(=O)(=O)c3ccc(Cl)cc3)cc2)nc2ccc(Br)cn12. The number of halogens is 2. The number of rotatable bonds is 8. The zero-order valence-corrected chi connectivity index (χ0v) is 21.0. The number of esters is 1. The zero-order chi connectivity index (χ0) is 24.3. The van der Waals surface area contributed by atoms with Crippen LogP contribution < -0.4 is 9.50 Å². The van der Waals surface area contributed by atoms with Crippen molar-refractivity contribution < 1.29 is 22.1 Å². The number of nitrogens with zero attached hydrogens (tertiary/aromatic N) is 2. The monoisotopic (exact) mass is 563 g/mol. The third-order valence-electron chi connectivity index (χ3n) is 4.72.